The van der Waals surface area contributed by atoms with Crippen molar-refractivity contribution in [3.05, 3.63) is 35.4 Å². The van der Waals surface area contributed by atoms with Gasteiger partial charge in [-0.3, -0.25) is 4.79 Å². The molecule has 0 heterocycles. The third-order valence-corrected chi connectivity index (χ3v) is 3.89. The summed E-state index contributed by atoms with van der Waals surface area (Å²) in [4.78, 5) is 12.1. The van der Waals surface area contributed by atoms with Gasteiger partial charge in [0.2, 0.25) is 0 Å². The number of hydrogen-bond acceptors (Lipinski definition) is 2. The summed E-state index contributed by atoms with van der Waals surface area (Å²) in [6, 6.07) is 7.96. The van der Waals surface area contributed by atoms with E-state index in [1.165, 1.54) is 6.42 Å². The highest BCUT2D eigenvalue weighted by Crippen LogP contribution is 2.27. The van der Waals surface area contributed by atoms with Crippen LogP contribution in [0.25, 0.3) is 0 Å². The number of Topliss-reactive ketones (excluding diaryl/α,β-unsaturated/α-hetero) is 1. The fourth-order valence-corrected chi connectivity index (χ4v) is 2.84. The van der Waals surface area contributed by atoms with Crippen LogP contribution in [0.2, 0.25) is 0 Å². The summed E-state index contributed by atoms with van der Waals surface area (Å²) in [5.74, 6) is 0.170. The molecule has 0 aliphatic heterocycles. The number of rotatable bonds is 4. The maximum Gasteiger partial charge on any atom is 0.165 e. The Morgan fingerprint density at radius 3 is 2.72 bits per heavy atom. The molecule has 1 aliphatic rings. The molecule has 1 N–H and O–H groups in total. The molecule has 98 valence electrons. The Kier molecular flexibility index (Phi) is 4.54. The fraction of sp³-hybridized carbons (Fsp3) is 0.562. The van der Waals surface area contributed by atoms with Crippen LogP contribution in [0.15, 0.2) is 24.3 Å². The molecule has 2 nitrogen and oxygen atoms in total. The van der Waals surface area contributed by atoms with Gasteiger partial charge in [0.1, 0.15) is 6.10 Å². The topological polar surface area (TPSA) is 37.3 Å². The Morgan fingerprint density at radius 2 is 2.06 bits per heavy atom. The van der Waals surface area contributed by atoms with Crippen molar-refractivity contribution in [1.82, 2.24) is 0 Å². The monoisotopic (exact) mass is 246 g/mol. The SMILES string of the molecule is Cc1cccc(CC(=O)C(O)C2CCCCC2)c1. The van der Waals surface area contributed by atoms with E-state index in [2.05, 4.69) is 0 Å². The second-order valence-electron chi connectivity index (χ2n) is 5.48. The van der Waals surface area contributed by atoms with Crippen LogP contribution in [0, 0.1) is 12.8 Å². The first-order valence-electron chi connectivity index (χ1n) is 6.93. The van der Waals surface area contributed by atoms with Crippen LogP contribution < -0.4 is 0 Å². The van der Waals surface area contributed by atoms with Gasteiger partial charge in [-0.05, 0) is 31.2 Å². The molecule has 2 rings (SSSR count). The van der Waals surface area contributed by atoms with Crippen molar-refractivity contribution in [2.75, 3.05) is 0 Å². The van der Waals surface area contributed by atoms with E-state index in [-0.39, 0.29) is 11.7 Å². The minimum Gasteiger partial charge on any atom is -0.385 e. The van der Waals surface area contributed by atoms with E-state index < -0.39 is 6.10 Å². The lowest BCUT2D eigenvalue weighted by Gasteiger charge is -2.25. The number of aryl methyl sites for hydroxylation is 1. The third-order valence-electron chi connectivity index (χ3n) is 3.89. The predicted octanol–water partition coefficient (Wildman–Crippen LogP) is 3.05. The lowest BCUT2D eigenvalue weighted by Crippen LogP contribution is -2.32. The van der Waals surface area contributed by atoms with Crippen molar-refractivity contribution in [3.63, 3.8) is 0 Å². The van der Waals surface area contributed by atoms with Crippen molar-refractivity contribution in [3.8, 4) is 0 Å². The van der Waals surface area contributed by atoms with Crippen molar-refractivity contribution < 1.29 is 9.90 Å². The molecule has 1 unspecified atom stereocenters. The Balaban J connectivity index is 1.94. The number of aliphatic hydroxyl groups is 1. The molecule has 0 saturated heterocycles. The summed E-state index contributed by atoms with van der Waals surface area (Å²) < 4.78 is 0. The number of hydrogen-bond donors (Lipinski definition) is 1. The zero-order valence-corrected chi connectivity index (χ0v) is 11.1. The highest BCUT2D eigenvalue weighted by Gasteiger charge is 2.27. The van der Waals surface area contributed by atoms with Gasteiger partial charge < -0.3 is 5.11 Å². The summed E-state index contributed by atoms with van der Waals surface area (Å²) in [6.07, 6.45) is 5.15. The first-order chi connectivity index (χ1) is 8.66. The number of aliphatic hydroxyl groups excluding tert-OH is 1. The van der Waals surface area contributed by atoms with E-state index in [0.717, 1.165) is 36.8 Å². The van der Waals surface area contributed by atoms with E-state index in [9.17, 15) is 9.90 Å². The number of ketones is 1. The zero-order valence-electron chi connectivity index (χ0n) is 11.1. The smallest absolute Gasteiger partial charge is 0.165 e. The first kappa shape index (κ1) is 13.3. The Bertz CT molecular complexity index is 405. The van der Waals surface area contributed by atoms with Gasteiger partial charge >= 0.3 is 0 Å². The lowest BCUT2D eigenvalue weighted by atomic mass is 9.83. The molecule has 1 aromatic carbocycles. The van der Waals surface area contributed by atoms with Crippen LogP contribution in [0.3, 0.4) is 0 Å². The van der Waals surface area contributed by atoms with Crippen LogP contribution in [-0.2, 0) is 11.2 Å². The third kappa shape index (κ3) is 3.42. The van der Waals surface area contributed by atoms with Gasteiger partial charge in [0.25, 0.3) is 0 Å². The van der Waals surface area contributed by atoms with Crippen LogP contribution in [-0.4, -0.2) is 17.0 Å². The molecule has 0 bridgehead atoms. The van der Waals surface area contributed by atoms with Crippen LogP contribution in [0.1, 0.15) is 43.2 Å². The van der Waals surface area contributed by atoms with Gasteiger partial charge in [0, 0.05) is 6.42 Å². The van der Waals surface area contributed by atoms with E-state index in [1.807, 2.05) is 31.2 Å². The van der Waals surface area contributed by atoms with Gasteiger partial charge in [0.15, 0.2) is 5.78 Å². The maximum atomic E-state index is 12.1. The average Bonchev–Trinajstić information content (AvgIpc) is 2.39. The van der Waals surface area contributed by atoms with Crippen molar-refractivity contribution in [2.24, 2.45) is 5.92 Å². The van der Waals surface area contributed by atoms with Crippen molar-refractivity contribution in [2.45, 2.75) is 51.6 Å². The Morgan fingerprint density at radius 1 is 1.33 bits per heavy atom. The number of carbonyl (C=O) groups is 1. The summed E-state index contributed by atoms with van der Waals surface area (Å²) >= 11 is 0. The molecular formula is C16H22O2. The van der Waals surface area contributed by atoms with E-state index >= 15 is 0 Å². The summed E-state index contributed by atoms with van der Waals surface area (Å²) in [7, 11) is 0. The minimum atomic E-state index is -0.759. The molecule has 1 saturated carbocycles. The Hall–Kier alpha value is -1.15. The standard InChI is InChI=1S/C16H22O2/c1-12-6-5-7-13(10-12)11-15(17)16(18)14-8-3-2-4-9-14/h5-7,10,14,16,18H,2-4,8-9,11H2,1H3. The normalized spacial score (nSPS) is 18.6. The zero-order chi connectivity index (χ0) is 13.0. The predicted molar refractivity (Wildman–Crippen MR) is 72.5 cm³/mol. The van der Waals surface area contributed by atoms with Gasteiger partial charge in [0.05, 0.1) is 0 Å². The molecule has 2 heteroatoms. The van der Waals surface area contributed by atoms with Crippen molar-refractivity contribution in [1.29, 1.82) is 0 Å². The molecule has 0 amide bonds. The van der Waals surface area contributed by atoms with Gasteiger partial charge in [-0.2, -0.15) is 0 Å². The fourth-order valence-electron chi connectivity index (χ4n) is 2.84. The molecule has 1 fully saturated rings. The van der Waals surface area contributed by atoms with E-state index in [1.54, 1.807) is 0 Å². The van der Waals surface area contributed by atoms with E-state index in [0.29, 0.717) is 6.42 Å². The van der Waals surface area contributed by atoms with Crippen LogP contribution in [0.5, 0.6) is 0 Å². The summed E-state index contributed by atoms with van der Waals surface area (Å²) in [6.45, 7) is 2.02. The highest BCUT2D eigenvalue weighted by atomic mass is 16.3. The number of carbonyl (C=O) groups excluding carboxylic acids is 1. The summed E-state index contributed by atoms with van der Waals surface area (Å²) in [5.41, 5.74) is 2.17. The second kappa shape index (κ2) is 6.14. The first-order valence-corrected chi connectivity index (χ1v) is 6.93. The van der Waals surface area contributed by atoms with Crippen LogP contribution in [0.4, 0.5) is 0 Å². The molecule has 1 atom stereocenters. The minimum absolute atomic E-state index is 0.0208. The largest absolute Gasteiger partial charge is 0.385 e. The second-order valence-corrected chi connectivity index (χ2v) is 5.48. The Labute approximate surface area is 109 Å². The van der Waals surface area contributed by atoms with E-state index in [4.69, 9.17) is 0 Å². The molecule has 0 spiro atoms. The lowest BCUT2D eigenvalue weighted by molar-refractivity contribution is -0.129. The average molecular weight is 246 g/mol. The summed E-state index contributed by atoms with van der Waals surface area (Å²) in [5, 5.41) is 10.1. The van der Waals surface area contributed by atoms with Gasteiger partial charge in [-0.15, -0.1) is 0 Å². The maximum absolute atomic E-state index is 12.1. The quantitative estimate of drug-likeness (QED) is 0.886. The number of benzene rings is 1. The molecule has 1 aromatic rings. The van der Waals surface area contributed by atoms with Gasteiger partial charge in [-0.25, -0.2) is 0 Å². The molecular weight excluding hydrogens is 224 g/mol. The molecule has 0 aromatic heterocycles. The molecule has 0 radical (unpaired) electrons. The highest BCUT2D eigenvalue weighted by molar-refractivity contribution is 5.85. The van der Waals surface area contributed by atoms with Gasteiger partial charge in [-0.1, -0.05) is 49.1 Å². The molecule has 1 aliphatic carbocycles. The van der Waals surface area contributed by atoms with Crippen LogP contribution >= 0.6 is 0 Å². The van der Waals surface area contributed by atoms with Crippen molar-refractivity contribution >= 4 is 5.78 Å². The molecule has 18 heavy (non-hydrogen) atoms.